The molecular weight excluding hydrogens is 360 g/mol. The smallest absolute Gasteiger partial charge is 0.230 e. The molecule has 0 aliphatic carbocycles. The van der Waals surface area contributed by atoms with Crippen molar-refractivity contribution in [2.24, 2.45) is 0 Å². The maximum absolute atomic E-state index is 12.1. The van der Waals surface area contributed by atoms with E-state index in [1.807, 2.05) is 32.3 Å². The van der Waals surface area contributed by atoms with E-state index in [0.29, 0.717) is 12.3 Å². The lowest BCUT2D eigenvalue weighted by Gasteiger charge is -2.25. The van der Waals surface area contributed by atoms with Gasteiger partial charge in [0.2, 0.25) is 5.91 Å². The summed E-state index contributed by atoms with van der Waals surface area (Å²) >= 11 is 4.65. The molecule has 0 bridgehead atoms. The van der Waals surface area contributed by atoms with E-state index in [1.54, 1.807) is 23.1 Å². The summed E-state index contributed by atoms with van der Waals surface area (Å²) in [6.07, 6.45) is 0. The van der Waals surface area contributed by atoms with Crippen LogP contribution in [0.25, 0.3) is 0 Å². The van der Waals surface area contributed by atoms with Crippen molar-refractivity contribution in [1.29, 1.82) is 0 Å². The molecule has 0 saturated heterocycles. The predicted molar refractivity (Wildman–Crippen MR) is 103 cm³/mol. The minimum absolute atomic E-state index is 0.0164. The summed E-state index contributed by atoms with van der Waals surface area (Å²) in [6.45, 7) is 2.67. The molecule has 1 amide bonds. The largest absolute Gasteiger partial charge is 0.353 e. The summed E-state index contributed by atoms with van der Waals surface area (Å²) in [7, 11) is 4.04. The third-order valence-corrected chi connectivity index (χ3v) is 6.35. The summed E-state index contributed by atoms with van der Waals surface area (Å²) in [5.74, 6) is 1.36. The Hall–Kier alpha value is -1.09. The van der Waals surface area contributed by atoms with Gasteiger partial charge in [-0.15, -0.1) is 10.2 Å². The Morgan fingerprint density at radius 3 is 2.50 bits per heavy atom. The Labute approximate surface area is 155 Å². The fraction of sp³-hybridized carbons (Fsp3) is 0.438. The van der Waals surface area contributed by atoms with E-state index < -0.39 is 0 Å². The Morgan fingerprint density at radius 1 is 1.21 bits per heavy atom. The van der Waals surface area contributed by atoms with Crippen LogP contribution in [-0.4, -0.2) is 53.2 Å². The van der Waals surface area contributed by atoms with Gasteiger partial charge in [-0.2, -0.15) is 0 Å². The summed E-state index contributed by atoms with van der Waals surface area (Å²) in [5, 5.41) is 11.2. The number of nitrogens with one attached hydrogen (secondary N) is 1. The molecule has 1 heterocycles. The maximum Gasteiger partial charge on any atom is 0.230 e. The first-order valence-corrected chi connectivity index (χ1v) is 10.5. The van der Waals surface area contributed by atoms with Crippen LogP contribution in [0.3, 0.4) is 0 Å². The highest BCUT2D eigenvalue weighted by atomic mass is 32.2. The van der Waals surface area contributed by atoms with Crippen LogP contribution in [0, 0.1) is 0 Å². The number of likely N-dealkylation sites (N-methyl/N-ethyl adjacent to an activating group) is 1. The fourth-order valence-corrected chi connectivity index (χ4v) is 4.85. The van der Waals surface area contributed by atoms with E-state index in [9.17, 15) is 4.79 Å². The molecule has 1 aromatic heterocycles. The number of hydrogen-bond acceptors (Lipinski definition) is 7. The van der Waals surface area contributed by atoms with Crippen molar-refractivity contribution >= 4 is 40.8 Å². The highest BCUT2D eigenvalue weighted by molar-refractivity contribution is 8.03. The van der Waals surface area contributed by atoms with Crippen LogP contribution in [0.1, 0.15) is 18.5 Å². The van der Waals surface area contributed by atoms with Crippen molar-refractivity contribution < 1.29 is 4.79 Å². The molecule has 0 aliphatic rings. The highest BCUT2D eigenvalue weighted by Gasteiger charge is 2.15. The number of hydrogen-bond donors (Lipinski definition) is 1. The van der Waals surface area contributed by atoms with Crippen LogP contribution in [-0.2, 0) is 4.79 Å². The molecule has 2 rings (SSSR count). The molecular formula is C16H22N4OS3. The van der Waals surface area contributed by atoms with Crippen LogP contribution in [0.15, 0.2) is 39.0 Å². The van der Waals surface area contributed by atoms with Gasteiger partial charge in [0, 0.05) is 6.54 Å². The first-order chi connectivity index (χ1) is 11.6. The van der Waals surface area contributed by atoms with Gasteiger partial charge in [-0.25, -0.2) is 0 Å². The van der Waals surface area contributed by atoms with Crippen molar-refractivity contribution in [3.8, 4) is 0 Å². The lowest BCUT2D eigenvalue weighted by atomic mass is 10.1. The number of carbonyl (C=O) groups is 1. The van der Waals surface area contributed by atoms with Gasteiger partial charge in [0.15, 0.2) is 8.68 Å². The Bertz CT molecular complexity index is 633. The van der Waals surface area contributed by atoms with Gasteiger partial charge in [-0.05, 0) is 25.4 Å². The normalized spacial score (nSPS) is 12.3. The van der Waals surface area contributed by atoms with Crippen LogP contribution < -0.4 is 5.32 Å². The minimum atomic E-state index is 0.0164. The lowest BCUT2D eigenvalue weighted by molar-refractivity contribution is -0.118. The van der Waals surface area contributed by atoms with Gasteiger partial charge in [0.25, 0.3) is 0 Å². The zero-order valence-electron chi connectivity index (χ0n) is 14.1. The third-order valence-electron chi connectivity index (χ3n) is 3.28. The number of thioether (sulfide) groups is 2. The second kappa shape index (κ2) is 10.0. The molecule has 1 atom stereocenters. The van der Waals surface area contributed by atoms with E-state index in [4.69, 9.17) is 0 Å². The van der Waals surface area contributed by atoms with E-state index in [0.717, 1.165) is 14.4 Å². The summed E-state index contributed by atoms with van der Waals surface area (Å²) in [6, 6.07) is 10.4. The number of carbonyl (C=O) groups excluding carboxylic acids is 1. The van der Waals surface area contributed by atoms with Crippen molar-refractivity contribution in [3.63, 3.8) is 0 Å². The second-order valence-corrected chi connectivity index (χ2v) is 8.96. The second-order valence-electron chi connectivity index (χ2n) is 5.25. The summed E-state index contributed by atoms with van der Waals surface area (Å²) in [5.41, 5.74) is 1.20. The topological polar surface area (TPSA) is 58.1 Å². The molecule has 2 aromatic rings. The van der Waals surface area contributed by atoms with Crippen molar-refractivity contribution in [2.45, 2.75) is 21.6 Å². The van der Waals surface area contributed by atoms with Crippen LogP contribution in [0.2, 0.25) is 0 Å². The lowest BCUT2D eigenvalue weighted by Crippen LogP contribution is -2.35. The van der Waals surface area contributed by atoms with Gasteiger partial charge in [0.1, 0.15) is 0 Å². The number of benzene rings is 1. The monoisotopic (exact) mass is 382 g/mol. The van der Waals surface area contributed by atoms with E-state index in [2.05, 4.69) is 39.5 Å². The van der Waals surface area contributed by atoms with Gasteiger partial charge >= 0.3 is 0 Å². The van der Waals surface area contributed by atoms with Gasteiger partial charge in [-0.1, -0.05) is 72.1 Å². The molecule has 130 valence electrons. The predicted octanol–water partition coefficient (Wildman–Crippen LogP) is 3.16. The standard InChI is InChI=1S/C16H22N4OS3/c1-4-22-15-18-19-16(24-15)23-11-14(21)17-10-13(20(2)3)12-8-6-5-7-9-12/h5-9,13H,4,10-11H2,1-3H3,(H,17,21)/t13-/m1/s1. The average molecular weight is 383 g/mol. The molecule has 0 radical (unpaired) electrons. The van der Waals surface area contributed by atoms with Gasteiger partial charge in [0.05, 0.1) is 11.8 Å². The van der Waals surface area contributed by atoms with Gasteiger partial charge < -0.3 is 10.2 Å². The van der Waals surface area contributed by atoms with Crippen molar-refractivity contribution in [3.05, 3.63) is 35.9 Å². The third kappa shape index (κ3) is 6.08. The Kier molecular flexibility index (Phi) is 8.04. The Morgan fingerprint density at radius 2 is 1.88 bits per heavy atom. The van der Waals surface area contributed by atoms with E-state index in [1.165, 1.54) is 17.3 Å². The summed E-state index contributed by atoms with van der Waals surface area (Å²) in [4.78, 5) is 14.2. The average Bonchev–Trinajstić information content (AvgIpc) is 3.02. The highest BCUT2D eigenvalue weighted by Crippen LogP contribution is 2.28. The zero-order valence-corrected chi connectivity index (χ0v) is 16.5. The number of amides is 1. The first kappa shape index (κ1) is 19.2. The van der Waals surface area contributed by atoms with E-state index in [-0.39, 0.29) is 11.9 Å². The molecule has 0 saturated carbocycles. The molecule has 1 N–H and O–H groups in total. The molecule has 0 fully saturated rings. The zero-order chi connectivity index (χ0) is 17.4. The molecule has 0 unspecified atom stereocenters. The van der Waals surface area contributed by atoms with Crippen molar-refractivity contribution in [1.82, 2.24) is 20.4 Å². The summed E-state index contributed by atoms with van der Waals surface area (Å²) < 4.78 is 1.80. The quantitative estimate of drug-likeness (QED) is 0.672. The van der Waals surface area contributed by atoms with E-state index >= 15 is 0 Å². The fourth-order valence-electron chi connectivity index (χ4n) is 2.10. The van der Waals surface area contributed by atoms with Crippen LogP contribution >= 0.6 is 34.9 Å². The minimum Gasteiger partial charge on any atom is -0.353 e. The Balaban J connectivity index is 1.80. The van der Waals surface area contributed by atoms with Crippen LogP contribution in [0.5, 0.6) is 0 Å². The number of rotatable bonds is 9. The first-order valence-electron chi connectivity index (χ1n) is 7.67. The molecule has 0 spiro atoms. The molecule has 1 aromatic carbocycles. The molecule has 8 heteroatoms. The molecule has 0 aliphatic heterocycles. The van der Waals surface area contributed by atoms with Crippen LogP contribution in [0.4, 0.5) is 0 Å². The molecule has 24 heavy (non-hydrogen) atoms. The van der Waals surface area contributed by atoms with Gasteiger partial charge in [-0.3, -0.25) is 4.79 Å². The SMILES string of the molecule is CCSc1nnc(SCC(=O)NC[C@H](c2ccccc2)N(C)C)s1. The molecule has 5 nitrogen and oxygen atoms in total. The number of aromatic nitrogens is 2. The number of nitrogens with zero attached hydrogens (tertiary/aromatic N) is 3. The maximum atomic E-state index is 12.1. The van der Waals surface area contributed by atoms with Crippen molar-refractivity contribution in [2.75, 3.05) is 32.1 Å².